The molecule has 2 aromatic carbocycles. The van der Waals surface area contributed by atoms with E-state index in [1.54, 1.807) is 17.4 Å². The summed E-state index contributed by atoms with van der Waals surface area (Å²) in [5.41, 5.74) is 1.01. The molecular weight excluding hydrogens is 324 g/mol. The number of benzene rings is 2. The zero-order valence-electron chi connectivity index (χ0n) is 13.1. The first-order chi connectivity index (χ1) is 11.7. The maximum Gasteiger partial charge on any atom is 0.351 e. The Morgan fingerprint density at radius 2 is 1.79 bits per heavy atom. The van der Waals surface area contributed by atoms with Crippen LogP contribution in [-0.4, -0.2) is 18.2 Å². The highest BCUT2D eigenvalue weighted by Gasteiger charge is 2.35. The van der Waals surface area contributed by atoms with Gasteiger partial charge in [0.2, 0.25) is 6.10 Å². The van der Waals surface area contributed by atoms with Crippen LogP contribution in [0.25, 0.3) is 10.1 Å². The van der Waals surface area contributed by atoms with E-state index in [0.29, 0.717) is 11.5 Å². The van der Waals surface area contributed by atoms with Crippen molar-refractivity contribution in [1.82, 2.24) is 0 Å². The number of fused-ring (bicyclic) bond motifs is 2. The summed E-state index contributed by atoms with van der Waals surface area (Å²) in [6, 6.07) is 15.4. The first-order valence-corrected chi connectivity index (χ1v) is 8.64. The Hall–Kier alpha value is -2.53. The molecule has 0 bridgehead atoms. The van der Waals surface area contributed by atoms with Gasteiger partial charge in [0, 0.05) is 10.3 Å². The van der Waals surface area contributed by atoms with Gasteiger partial charge in [0.25, 0.3) is 0 Å². The van der Waals surface area contributed by atoms with Crippen LogP contribution >= 0.6 is 11.3 Å². The van der Waals surface area contributed by atoms with Crippen molar-refractivity contribution in [2.24, 2.45) is 0 Å². The summed E-state index contributed by atoms with van der Waals surface area (Å²) >= 11 is 1.65. The van der Waals surface area contributed by atoms with Gasteiger partial charge in [-0.25, -0.2) is 4.79 Å². The molecule has 3 aromatic rings. The molecule has 0 spiro atoms. The van der Waals surface area contributed by atoms with Crippen LogP contribution < -0.4 is 9.47 Å². The normalized spacial score (nSPS) is 19.2. The number of ether oxygens (including phenoxy) is 3. The van der Waals surface area contributed by atoms with Gasteiger partial charge in [0.1, 0.15) is 12.7 Å². The average molecular weight is 340 g/mol. The molecule has 0 saturated carbocycles. The maximum absolute atomic E-state index is 12.4. The van der Waals surface area contributed by atoms with Crippen molar-refractivity contribution in [1.29, 1.82) is 0 Å². The number of carbonyl (C=O) groups excluding carboxylic acids is 1. The van der Waals surface area contributed by atoms with Crippen LogP contribution in [0.4, 0.5) is 0 Å². The highest BCUT2D eigenvalue weighted by molar-refractivity contribution is 7.17. The highest BCUT2D eigenvalue weighted by Crippen LogP contribution is 2.34. The zero-order valence-corrected chi connectivity index (χ0v) is 13.9. The molecule has 2 heterocycles. The lowest BCUT2D eigenvalue weighted by molar-refractivity contribution is -0.159. The van der Waals surface area contributed by atoms with E-state index in [2.05, 4.69) is 6.07 Å². The monoisotopic (exact) mass is 340 g/mol. The average Bonchev–Trinajstić information content (AvgIpc) is 3.02. The van der Waals surface area contributed by atoms with Crippen molar-refractivity contribution in [3.8, 4) is 11.5 Å². The van der Waals surface area contributed by atoms with E-state index in [4.69, 9.17) is 14.2 Å². The van der Waals surface area contributed by atoms with Gasteiger partial charge in [-0.1, -0.05) is 30.3 Å². The van der Waals surface area contributed by atoms with E-state index >= 15 is 0 Å². The molecule has 1 aliphatic rings. The Morgan fingerprint density at radius 1 is 1.08 bits per heavy atom. The second kappa shape index (κ2) is 6.17. The minimum atomic E-state index is -0.759. The Kier molecular flexibility index (Phi) is 3.86. The molecule has 24 heavy (non-hydrogen) atoms. The van der Waals surface area contributed by atoms with Gasteiger partial charge < -0.3 is 14.2 Å². The van der Waals surface area contributed by atoms with E-state index in [1.807, 2.05) is 48.7 Å². The molecule has 122 valence electrons. The molecule has 0 N–H and O–H groups in total. The van der Waals surface area contributed by atoms with Crippen LogP contribution in [0, 0.1) is 0 Å². The molecular formula is C19H16O4S. The third-order valence-electron chi connectivity index (χ3n) is 4.01. The fourth-order valence-corrected chi connectivity index (χ4v) is 3.70. The summed E-state index contributed by atoms with van der Waals surface area (Å²) in [6.07, 6.45) is -1.16. The molecule has 1 aliphatic heterocycles. The molecule has 0 amide bonds. The molecule has 2 unspecified atom stereocenters. The van der Waals surface area contributed by atoms with Gasteiger partial charge >= 0.3 is 5.97 Å². The summed E-state index contributed by atoms with van der Waals surface area (Å²) < 4.78 is 18.2. The van der Waals surface area contributed by atoms with Gasteiger partial charge in [-0.3, -0.25) is 0 Å². The van der Waals surface area contributed by atoms with E-state index < -0.39 is 18.2 Å². The van der Waals surface area contributed by atoms with Crippen LogP contribution in [-0.2, 0) is 16.1 Å². The molecule has 2 atom stereocenters. The predicted octanol–water partition coefficient (Wildman–Crippen LogP) is 4.17. The fourth-order valence-electron chi connectivity index (χ4n) is 2.75. The molecule has 4 rings (SSSR count). The zero-order chi connectivity index (χ0) is 16.5. The van der Waals surface area contributed by atoms with Gasteiger partial charge in [-0.05, 0) is 35.9 Å². The summed E-state index contributed by atoms with van der Waals surface area (Å²) in [6.45, 7) is 2.04. The van der Waals surface area contributed by atoms with Crippen molar-refractivity contribution in [2.45, 2.75) is 25.7 Å². The summed E-state index contributed by atoms with van der Waals surface area (Å²) in [7, 11) is 0. The van der Waals surface area contributed by atoms with Crippen LogP contribution in [0.1, 0.15) is 12.5 Å². The minimum absolute atomic E-state index is 0.233. The molecule has 0 aliphatic carbocycles. The molecule has 4 nitrogen and oxygen atoms in total. The molecule has 5 heteroatoms. The van der Waals surface area contributed by atoms with Crippen molar-refractivity contribution >= 4 is 27.4 Å². The Morgan fingerprint density at radius 3 is 2.62 bits per heavy atom. The van der Waals surface area contributed by atoms with Crippen LogP contribution in [0.3, 0.4) is 0 Å². The second-order valence-corrected chi connectivity index (χ2v) is 6.58. The van der Waals surface area contributed by atoms with Gasteiger partial charge in [-0.2, -0.15) is 0 Å². The van der Waals surface area contributed by atoms with Crippen molar-refractivity contribution < 1.29 is 19.0 Å². The van der Waals surface area contributed by atoms with Crippen LogP contribution in [0.2, 0.25) is 0 Å². The Bertz CT molecular complexity index is 886. The lowest BCUT2D eigenvalue weighted by Gasteiger charge is -2.30. The minimum Gasteiger partial charge on any atom is -0.482 e. The third-order valence-corrected chi connectivity index (χ3v) is 5.02. The Labute approximate surface area is 143 Å². The van der Waals surface area contributed by atoms with E-state index in [-0.39, 0.29) is 6.61 Å². The van der Waals surface area contributed by atoms with Gasteiger partial charge in [0.05, 0.1) is 0 Å². The largest absolute Gasteiger partial charge is 0.482 e. The summed E-state index contributed by atoms with van der Waals surface area (Å²) in [4.78, 5) is 12.4. The number of rotatable bonds is 3. The fraction of sp³-hybridized carbons (Fsp3) is 0.211. The summed E-state index contributed by atoms with van der Waals surface area (Å²) in [5, 5.41) is 3.14. The third kappa shape index (κ3) is 2.71. The number of esters is 1. The van der Waals surface area contributed by atoms with Gasteiger partial charge in [-0.15, -0.1) is 11.3 Å². The standard InChI is InChI=1S/C19H16O4S/c1-12-18(23-16-8-4-3-7-15(16)22-12)19(20)21-10-13-11-24-17-9-5-2-6-14(13)17/h2-9,11-12,18H,10H2,1H3. The lowest BCUT2D eigenvalue weighted by atomic mass is 10.1. The first-order valence-electron chi connectivity index (χ1n) is 7.76. The SMILES string of the molecule is CC1Oc2ccccc2OC1C(=O)OCc1csc2ccccc12. The van der Waals surface area contributed by atoms with E-state index in [9.17, 15) is 4.79 Å². The van der Waals surface area contributed by atoms with Crippen LogP contribution in [0.5, 0.6) is 11.5 Å². The molecule has 0 radical (unpaired) electrons. The van der Waals surface area contributed by atoms with Crippen molar-refractivity contribution in [3.05, 3.63) is 59.5 Å². The smallest absolute Gasteiger partial charge is 0.351 e. The number of thiophene rings is 1. The first kappa shape index (κ1) is 15.0. The molecule has 0 fully saturated rings. The summed E-state index contributed by atoms with van der Waals surface area (Å²) in [5.74, 6) is 0.809. The lowest BCUT2D eigenvalue weighted by Crippen LogP contribution is -2.44. The molecule has 0 saturated heterocycles. The number of hydrogen-bond acceptors (Lipinski definition) is 5. The quantitative estimate of drug-likeness (QED) is 0.671. The molecule has 1 aromatic heterocycles. The topological polar surface area (TPSA) is 44.8 Å². The number of para-hydroxylation sites is 2. The van der Waals surface area contributed by atoms with Gasteiger partial charge in [0.15, 0.2) is 11.5 Å². The maximum atomic E-state index is 12.4. The van der Waals surface area contributed by atoms with E-state index in [0.717, 1.165) is 10.9 Å². The van der Waals surface area contributed by atoms with Crippen molar-refractivity contribution in [2.75, 3.05) is 0 Å². The second-order valence-electron chi connectivity index (χ2n) is 5.67. The number of carbonyl (C=O) groups is 1. The van der Waals surface area contributed by atoms with E-state index in [1.165, 1.54) is 4.70 Å². The van der Waals surface area contributed by atoms with Crippen LogP contribution in [0.15, 0.2) is 53.9 Å². The Balaban J connectivity index is 1.47. The highest BCUT2D eigenvalue weighted by atomic mass is 32.1. The predicted molar refractivity (Wildman–Crippen MR) is 92.6 cm³/mol. The number of hydrogen-bond donors (Lipinski definition) is 0. The van der Waals surface area contributed by atoms with Crippen molar-refractivity contribution in [3.63, 3.8) is 0 Å².